The fourth-order valence-electron chi connectivity index (χ4n) is 4.77. The lowest BCUT2D eigenvalue weighted by molar-refractivity contribution is -0.263. The third kappa shape index (κ3) is 5.28. The summed E-state index contributed by atoms with van der Waals surface area (Å²) >= 11 is 8.07. The number of morpholine rings is 1. The molecule has 1 amide bonds. The van der Waals surface area contributed by atoms with E-state index in [0.29, 0.717) is 53.8 Å². The first kappa shape index (κ1) is 26.5. The highest BCUT2D eigenvalue weighted by Gasteiger charge is 2.51. The molecular weight excluding hydrogens is 494 g/mol. The average Bonchev–Trinajstić information content (AvgIpc) is 3.32. The van der Waals surface area contributed by atoms with Crippen LogP contribution in [0.5, 0.6) is 0 Å². The Labute approximate surface area is 214 Å². The minimum Gasteiger partial charge on any atom is -0.388 e. The van der Waals surface area contributed by atoms with Gasteiger partial charge >= 0.3 is 0 Å². The number of carbonyl (C=O) groups excluding carboxylic acids is 1. The van der Waals surface area contributed by atoms with Gasteiger partial charge in [-0.25, -0.2) is 0 Å². The molecule has 3 heterocycles. The first-order valence-electron chi connectivity index (χ1n) is 11.6. The van der Waals surface area contributed by atoms with Gasteiger partial charge in [-0.05, 0) is 48.7 Å². The van der Waals surface area contributed by atoms with E-state index in [9.17, 15) is 20.1 Å². The van der Waals surface area contributed by atoms with Crippen molar-refractivity contribution in [2.75, 3.05) is 33.4 Å². The van der Waals surface area contributed by atoms with Crippen molar-refractivity contribution in [2.45, 2.75) is 56.9 Å². The summed E-state index contributed by atoms with van der Waals surface area (Å²) in [5.41, 5.74) is 0.843. The lowest BCUT2D eigenvalue weighted by Gasteiger charge is -2.47. The minimum absolute atomic E-state index is 0.000416. The van der Waals surface area contributed by atoms with Gasteiger partial charge in [0.05, 0.1) is 30.8 Å². The average molecular weight is 526 g/mol. The number of aliphatic hydroxyl groups is 3. The Bertz CT molecular complexity index is 1060. The summed E-state index contributed by atoms with van der Waals surface area (Å²) in [6.45, 7) is 5.85. The molecule has 10 heteroatoms. The fraction of sp³-hybridized carbons (Fsp3) is 0.560. The Hall–Kier alpha value is -1.56. The first-order chi connectivity index (χ1) is 16.7. The number of halogens is 1. The molecule has 3 N–H and O–H groups in total. The monoisotopic (exact) mass is 525 g/mol. The van der Waals surface area contributed by atoms with Gasteiger partial charge < -0.3 is 34.4 Å². The number of aliphatic hydroxyl groups excluding tert-OH is 3. The quantitative estimate of drug-likeness (QED) is 0.531. The Morgan fingerprint density at radius 2 is 1.91 bits per heavy atom. The topological polar surface area (TPSA) is 109 Å². The number of ether oxygens (including phenoxy) is 3. The van der Waals surface area contributed by atoms with Crippen LogP contribution >= 0.6 is 22.9 Å². The molecule has 192 valence electrons. The molecule has 2 aliphatic rings. The number of hydrogen-bond acceptors (Lipinski definition) is 8. The van der Waals surface area contributed by atoms with Gasteiger partial charge in [0.15, 0.2) is 0 Å². The third-order valence-corrected chi connectivity index (χ3v) is 8.22. The Balaban J connectivity index is 1.64. The summed E-state index contributed by atoms with van der Waals surface area (Å²) in [5, 5.41) is 32.1. The Morgan fingerprint density at radius 1 is 1.20 bits per heavy atom. The van der Waals surface area contributed by atoms with Crippen LogP contribution in [-0.2, 0) is 32.8 Å². The zero-order valence-electron chi connectivity index (χ0n) is 20.1. The maximum absolute atomic E-state index is 12.8. The summed E-state index contributed by atoms with van der Waals surface area (Å²) in [5.74, 6) is -0.000416. The molecule has 0 spiro atoms. The summed E-state index contributed by atoms with van der Waals surface area (Å²) in [6, 6.07) is 7.40. The summed E-state index contributed by atoms with van der Waals surface area (Å²) in [7, 11) is 1.56. The molecule has 1 aromatic carbocycles. The van der Waals surface area contributed by atoms with Crippen LogP contribution in [0.15, 0.2) is 24.3 Å². The van der Waals surface area contributed by atoms with Gasteiger partial charge in [-0.3, -0.25) is 4.79 Å². The zero-order valence-corrected chi connectivity index (χ0v) is 21.6. The normalized spacial score (nSPS) is 29.4. The van der Waals surface area contributed by atoms with E-state index in [1.165, 1.54) is 11.3 Å². The summed E-state index contributed by atoms with van der Waals surface area (Å²) < 4.78 is 16.8. The lowest BCUT2D eigenvalue weighted by atomic mass is 9.79. The standard InChI is InChI=1S/C25H32ClNO7S/c1-14-21(28)22(29)23(30)25(2,34-14)18-11-15(19(26)12-16(18)13-32-3)10-17-4-5-20(35-17)24(31)27-6-8-33-9-7-27/h4-5,11-12,14,21-23,28-30H,6-10,13H2,1-3H3/t14-,21-,22+,23-,25+/m1/s1. The van der Waals surface area contributed by atoms with Crippen LogP contribution in [0.25, 0.3) is 0 Å². The lowest BCUT2D eigenvalue weighted by Crippen LogP contribution is -2.61. The number of amides is 1. The predicted molar refractivity (Wildman–Crippen MR) is 132 cm³/mol. The van der Waals surface area contributed by atoms with Gasteiger partial charge in [0.1, 0.15) is 23.9 Å². The highest BCUT2D eigenvalue weighted by atomic mass is 35.5. The van der Waals surface area contributed by atoms with Gasteiger partial charge in [0, 0.05) is 36.5 Å². The van der Waals surface area contributed by atoms with Gasteiger partial charge in [0.2, 0.25) is 0 Å². The van der Waals surface area contributed by atoms with Gasteiger partial charge in [0.25, 0.3) is 5.91 Å². The molecule has 2 aromatic rings. The highest BCUT2D eigenvalue weighted by Crippen LogP contribution is 2.42. The summed E-state index contributed by atoms with van der Waals surface area (Å²) in [4.78, 5) is 16.3. The SMILES string of the molecule is COCc1cc(Cl)c(Cc2ccc(C(=O)N3CCOCC3)s2)cc1[C@]1(C)O[C@H](C)[C@@H](O)[C@H](O)[C@H]1O. The van der Waals surface area contributed by atoms with Crippen LogP contribution in [0.1, 0.15) is 45.1 Å². The maximum Gasteiger partial charge on any atom is 0.264 e. The molecule has 0 radical (unpaired) electrons. The van der Waals surface area contributed by atoms with Crippen molar-refractivity contribution in [2.24, 2.45) is 0 Å². The van der Waals surface area contributed by atoms with E-state index in [1.54, 1.807) is 31.9 Å². The van der Waals surface area contributed by atoms with E-state index in [2.05, 4.69) is 0 Å². The molecule has 1 aromatic heterocycles. The van der Waals surface area contributed by atoms with Crippen molar-refractivity contribution in [3.63, 3.8) is 0 Å². The van der Waals surface area contributed by atoms with Crippen molar-refractivity contribution >= 4 is 28.8 Å². The number of carbonyl (C=O) groups is 1. The highest BCUT2D eigenvalue weighted by molar-refractivity contribution is 7.14. The van der Waals surface area contributed by atoms with E-state index >= 15 is 0 Å². The maximum atomic E-state index is 12.8. The van der Waals surface area contributed by atoms with Crippen LogP contribution < -0.4 is 0 Å². The second-order valence-corrected chi connectivity index (χ2v) is 10.8. The first-order valence-corrected chi connectivity index (χ1v) is 12.8. The van der Waals surface area contributed by atoms with Crippen LogP contribution in [-0.4, -0.2) is 84.0 Å². The molecular formula is C25H32ClNO7S. The second kappa shape index (κ2) is 10.8. The Morgan fingerprint density at radius 3 is 2.60 bits per heavy atom. The van der Waals surface area contributed by atoms with Crippen molar-refractivity contribution in [3.05, 3.63) is 55.7 Å². The van der Waals surface area contributed by atoms with Crippen LogP contribution in [0.4, 0.5) is 0 Å². The number of benzene rings is 1. The molecule has 2 fully saturated rings. The Kier molecular flexibility index (Phi) is 8.19. The van der Waals surface area contributed by atoms with Crippen molar-refractivity contribution in [3.8, 4) is 0 Å². The smallest absolute Gasteiger partial charge is 0.264 e. The van der Waals surface area contributed by atoms with Gasteiger partial charge in [-0.1, -0.05) is 17.7 Å². The van der Waals surface area contributed by atoms with Crippen LogP contribution in [0, 0.1) is 0 Å². The molecule has 2 aliphatic heterocycles. The van der Waals surface area contributed by atoms with Crippen LogP contribution in [0.2, 0.25) is 5.02 Å². The number of rotatable bonds is 6. The van der Waals surface area contributed by atoms with Crippen molar-refractivity contribution in [1.82, 2.24) is 4.90 Å². The third-order valence-electron chi connectivity index (χ3n) is 6.79. The van der Waals surface area contributed by atoms with Crippen molar-refractivity contribution < 1.29 is 34.3 Å². The molecule has 0 unspecified atom stereocenters. The van der Waals surface area contributed by atoms with Gasteiger partial charge in [-0.15, -0.1) is 11.3 Å². The molecule has 5 atom stereocenters. The van der Waals surface area contributed by atoms with E-state index in [4.69, 9.17) is 25.8 Å². The van der Waals surface area contributed by atoms with E-state index in [0.717, 1.165) is 10.4 Å². The number of thiophene rings is 1. The molecule has 0 saturated carbocycles. The van der Waals surface area contributed by atoms with E-state index in [-0.39, 0.29) is 12.5 Å². The molecule has 0 aliphatic carbocycles. The number of nitrogens with zero attached hydrogens (tertiary/aromatic N) is 1. The second-order valence-electron chi connectivity index (χ2n) is 9.24. The van der Waals surface area contributed by atoms with E-state index < -0.39 is 30.0 Å². The van der Waals surface area contributed by atoms with Crippen molar-refractivity contribution in [1.29, 1.82) is 0 Å². The van der Waals surface area contributed by atoms with E-state index in [1.807, 2.05) is 18.2 Å². The largest absolute Gasteiger partial charge is 0.388 e. The van der Waals surface area contributed by atoms with Crippen LogP contribution in [0.3, 0.4) is 0 Å². The summed E-state index contributed by atoms with van der Waals surface area (Å²) in [6.07, 6.45) is -4.15. The number of hydrogen-bond donors (Lipinski definition) is 3. The number of methoxy groups -OCH3 is 1. The predicted octanol–water partition coefficient (Wildman–Crippen LogP) is 2.33. The molecule has 0 bridgehead atoms. The minimum atomic E-state index is -1.37. The molecule has 4 rings (SSSR count). The fourth-order valence-corrected chi connectivity index (χ4v) is 6.02. The zero-order chi connectivity index (χ0) is 25.3. The molecule has 8 nitrogen and oxygen atoms in total. The molecule has 35 heavy (non-hydrogen) atoms. The van der Waals surface area contributed by atoms with Gasteiger partial charge in [-0.2, -0.15) is 0 Å². The molecule has 2 saturated heterocycles.